The van der Waals surface area contributed by atoms with Gasteiger partial charge in [0.05, 0.1) is 15.2 Å². The monoisotopic (exact) mass is 333 g/mol. The first-order chi connectivity index (χ1) is 8.47. The third-order valence-corrected chi connectivity index (χ3v) is 3.11. The Kier molecular flexibility index (Phi) is 3.73. The first-order valence-corrected chi connectivity index (χ1v) is 6.02. The molecule has 0 amide bonds. The van der Waals surface area contributed by atoms with Crippen molar-refractivity contribution in [1.82, 2.24) is 0 Å². The molecule has 0 fully saturated rings. The van der Waals surface area contributed by atoms with Gasteiger partial charge in [-0.05, 0) is 28.1 Å². The highest BCUT2D eigenvalue weighted by Crippen LogP contribution is 2.35. The average molecular weight is 335 g/mol. The van der Waals surface area contributed by atoms with E-state index < -0.39 is 11.6 Å². The van der Waals surface area contributed by atoms with Gasteiger partial charge in [-0.25, -0.2) is 8.78 Å². The SMILES string of the molecule is Nc1cc(F)c(Cl)cc1Oc1cc(F)ccc1Br. The van der Waals surface area contributed by atoms with Crippen molar-refractivity contribution in [1.29, 1.82) is 0 Å². The summed E-state index contributed by atoms with van der Waals surface area (Å²) >= 11 is 8.83. The van der Waals surface area contributed by atoms with Gasteiger partial charge in [-0.2, -0.15) is 0 Å². The van der Waals surface area contributed by atoms with Crippen LogP contribution in [-0.4, -0.2) is 0 Å². The predicted octanol–water partition coefficient (Wildman–Crippen LogP) is 4.76. The van der Waals surface area contributed by atoms with E-state index in [1.54, 1.807) is 0 Å². The van der Waals surface area contributed by atoms with Crippen LogP contribution in [0.1, 0.15) is 0 Å². The van der Waals surface area contributed by atoms with Gasteiger partial charge in [0, 0.05) is 18.2 Å². The van der Waals surface area contributed by atoms with E-state index in [9.17, 15) is 8.78 Å². The number of rotatable bonds is 2. The second kappa shape index (κ2) is 5.12. The summed E-state index contributed by atoms with van der Waals surface area (Å²) in [5.41, 5.74) is 5.67. The summed E-state index contributed by atoms with van der Waals surface area (Å²) < 4.78 is 32.1. The van der Waals surface area contributed by atoms with Crippen LogP contribution in [0.4, 0.5) is 14.5 Å². The molecule has 0 heterocycles. The van der Waals surface area contributed by atoms with Crippen LogP contribution < -0.4 is 10.5 Å². The molecule has 2 rings (SSSR count). The third-order valence-electron chi connectivity index (χ3n) is 2.17. The number of hydrogen-bond acceptors (Lipinski definition) is 2. The molecule has 94 valence electrons. The largest absolute Gasteiger partial charge is 0.454 e. The fourth-order valence-corrected chi connectivity index (χ4v) is 1.79. The average Bonchev–Trinajstić information content (AvgIpc) is 2.30. The van der Waals surface area contributed by atoms with Crippen molar-refractivity contribution >= 4 is 33.2 Å². The Balaban J connectivity index is 2.40. The Morgan fingerprint density at radius 1 is 1.11 bits per heavy atom. The molecule has 18 heavy (non-hydrogen) atoms. The van der Waals surface area contributed by atoms with Gasteiger partial charge in [0.15, 0.2) is 5.75 Å². The molecule has 0 saturated heterocycles. The molecule has 0 aliphatic rings. The lowest BCUT2D eigenvalue weighted by Crippen LogP contribution is -1.94. The molecule has 2 nitrogen and oxygen atoms in total. The Morgan fingerprint density at radius 2 is 1.83 bits per heavy atom. The fourth-order valence-electron chi connectivity index (χ4n) is 1.31. The summed E-state index contributed by atoms with van der Waals surface area (Å²) in [6.07, 6.45) is 0. The summed E-state index contributed by atoms with van der Waals surface area (Å²) in [5, 5.41) is -0.119. The van der Waals surface area contributed by atoms with Crippen molar-refractivity contribution < 1.29 is 13.5 Å². The zero-order valence-electron chi connectivity index (χ0n) is 8.88. The number of hydrogen-bond donors (Lipinski definition) is 1. The Hall–Kier alpha value is -1.33. The lowest BCUT2D eigenvalue weighted by molar-refractivity contribution is 0.474. The van der Waals surface area contributed by atoms with Crippen LogP contribution >= 0.6 is 27.5 Å². The number of halogens is 4. The molecule has 0 unspecified atom stereocenters. The minimum Gasteiger partial charge on any atom is -0.454 e. The van der Waals surface area contributed by atoms with Gasteiger partial charge in [0.25, 0.3) is 0 Å². The number of ether oxygens (including phenoxy) is 1. The number of anilines is 1. The Labute approximate surface area is 115 Å². The number of nitrogen functional groups attached to an aromatic ring is 1. The van der Waals surface area contributed by atoms with Crippen molar-refractivity contribution in [2.45, 2.75) is 0 Å². The van der Waals surface area contributed by atoms with Crippen LogP contribution in [0.5, 0.6) is 11.5 Å². The third kappa shape index (κ3) is 2.73. The van der Waals surface area contributed by atoms with Crippen molar-refractivity contribution in [3.63, 3.8) is 0 Å². The first kappa shape index (κ1) is 13.1. The van der Waals surface area contributed by atoms with Gasteiger partial charge >= 0.3 is 0 Å². The van der Waals surface area contributed by atoms with Gasteiger partial charge in [-0.15, -0.1) is 0 Å². The quantitative estimate of drug-likeness (QED) is 0.804. The Morgan fingerprint density at radius 3 is 2.56 bits per heavy atom. The molecule has 0 aliphatic carbocycles. The maximum atomic E-state index is 13.1. The Bertz CT molecular complexity index is 607. The molecule has 0 aliphatic heterocycles. The molecule has 2 aromatic carbocycles. The van der Waals surface area contributed by atoms with Gasteiger partial charge < -0.3 is 10.5 Å². The number of benzene rings is 2. The zero-order chi connectivity index (χ0) is 13.3. The topological polar surface area (TPSA) is 35.2 Å². The molecular formula is C12H7BrClF2NO. The molecule has 0 atom stereocenters. The van der Waals surface area contributed by atoms with Gasteiger partial charge in [-0.1, -0.05) is 11.6 Å². The van der Waals surface area contributed by atoms with Crippen LogP contribution in [-0.2, 0) is 0 Å². The summed E-state index contributed by atoms with van der Waals surface area (Å²) in [7, 11) is 0. The number of nitrogens with two attached hydrogens (primary N) is 1. The molecular weight excluding hydrogens is 327 g/mol. The van der Waals surface area contributed by atoms with Crippen molar-refractivity contribution in [3.8, 4) is 11.5 Å². The van der Waals surface area contributed by atoms with E-state index in [1.807, 2.05) is 0 Å². The van der Waals surface area contributed by atoms with E-state index >= 15 is 0 Å². The van der Waals surface area contributed by atoms with E-state index in [1.165, 1.54) is 24.3 Å². The fraction of sp³-hybridized carbons (Fsp3) is 0. The van der Waals surface area contributed by atoms with Crippen LogP contribution in [0.2, 0.25) is 5.02 Å². The zero-order valence-corrected chi connectivity index (χ0v) is 11.2. The van der Waals surface area contributed by atoms with Crippen LogP contribution in [0.15, 0.2) is 34.8 Å². The van der Waals surface area contributed by atoms with Crippen molar-refractivity contribution in [2.24, 2.45) is 0 Å². The first-order valence-electron chi connectivity index (χ1n) is 4.85. The van der Waals surface area contributed by atoms with Gasteiger partial charge in [0.2, 0.25) is 0 Å². The lowest BCUT2D eigenvalue weighted by Gasteiger charge is -2.10. The second-order valence-corrected chi connectivity index (χ2v) is 4.74. The normalized spacial score (nSPS) is 10.4. The molecule has 0 aromatic heterocycles. The highest BCUT2D eigenvalue weighted by molar-refractivity contribution is 9.10. The smallest absolute Gasteiger partial charge is 0.152 e. The second-order valence-electron chi connectivity index (χ2n) is 3.48. The maximum Gasteiger partial charge on any atom is 0.152 e. The van der Waals surface area contributed by atoms with Crippen molar-refractivity contribution in [2.75, 3.05) is 5.73 Å². The van der Waals surface area contributed by atoms with E-state index in [-0.39, 0.29) is 22.2 Å². The molecule has 0 bridgehead atoms. The summed E-state index contributed by atoms with van der Waals surface area (Å²) in [4.78, 5) is 0. The van der Waals surface area contributed by atoms with Crippen LogP contribution in [0.3, 0.4) is 0 Å². The lowest BCUT2D eigenvalue weighted by atomic mass is 10.3. The molecule has 6 heteroatoms. The molecule has 2 aromatic rings. The van der Waals surface area contributed by atoms with Crippen molar-refractivity contribution in [3.05, 3.63) is 51.5 Å². The molecule has 2 N–H and O–H groups in total. The maximum absolute atomic E-state index is 13.1. The van der Waals surface area contributed by atoms with Crippen LogP contribution in [0.25, 0.3) is 0 Å². The standard InChI is InChI=1S/C12H7BrClF2NO/c13-7-2-1-6(15)3-11(7)18-12-4-8(14)9(16)5-10(12)17/h1-5H,17H2. The summed E-state index contributed by atoms with van der Waals surface area (Å²) in [6, 6.07) is 6.24. The molecule has 0 radical (unpaired) electrons. The predicted molar refractivity (Wildman–Crippen MR) is 70.0 cm³/mol. The van der Waals surface area contributed by atoms with Crippen LogP contribution in [0, 0.1) is 11.6 Å². The van der Waals surface area contributed by atoms with E-state index in [0.29, 0.717) is 4.47 Å². The summed E-state index contributed by atoms with van der Waals surface area (Å²) in [5.74, 6) is -0.711. The summed E-state index contributed by atoms with van der Waals surface area (Å²) in [6.45, 7) is 0. The highest BCUT2D eigenvalue weighted by Gasteiger charge is 2.10. The van der Waals surface area contributed by atoms with Gasteiger partial charge in [-0.3, -0.25) is 0 Å². The minimum atomic E-state index is -0.639. The highest BCUT2D eigenvalue weighted by atomic mass is 79.9. The minimum absolute atomic E-state index is 0.0769. The van der Waals surface area contributed by atoms with E-state index in [0.717, 1.165) is 6.07 Å². The van der Waals surface area contributed by atoms with Gasteiger partial charge in [0.1, 0.15) is 17.4 Å². The molecule has 0 spiro atoms. The van der Waals surface area contributed by atoms with E-state index in [2.05, 4.69) is 15.9 Å². The van der Waals surface area contributed by atoms with E-state index in [4.69, 9.17) is 22.1 Å². The molecule has 0 saturated carbocycles.